The van der Waals surface area contributed by atoms with Crippen LogP contribution in [0.3, 0.4) is 0 Å². The number of nitrogens with zero attached hydrogens (tertiary/aromatic N) is 1. The minimum absolute atomic E-state index is 0.109. The smallest absolute Gasteiger partial charge is 0.136 e. The number of hydrogen-bond acceptors (Lipinski definition) is 3. The molecule has 0 saturated heterocycles. The molecule has 0 spiro atoms. The van der Waals surface area contributed by atoms with Crippen LogP contribution in [0.4, 0.5) is 4.39 Å². The van der Waals surface area contributed by atoms with Crippen LogP contribution in [0.5, 0.6) is 0 Å². The normalized spacial score (nSPS) is 14.6. The summed E-state index contributed by atoms with van der Waals surface area (Å²) in [5.74, 6) is -0.254. The minimum atomic E-state index is -1.14. The third-order valence-electron chi connectivity index (χ3n) is 3.25. The van der Waals surface area contributed by atoms with Crippen LogP contribution in [0.2, 0.25) is 0 Å². The van der Waals surface area contributed by atoms with Crippen LogP contribution in [-0.2, 0) is 11.4 Å². The Labute approximate surface area is 134 Å². The van der Waals surface area contributed by atoms with Gasteiger partial charge in [0.2, 0.25) is 0 Å². The van der Waals surface area contributed by atoms with E-state index in [0.717, 1.165) is 16.8 Å². The number of pyridine rings is 1. The van der Waals surface area contributed by atoms with Gasteiger partial charge in [0.15, 0.2) is 0 Å². The van der Waals surface area contributed by atoms with Crippen molar-refractivity contribution in [3.05, 3.63) is 54.1 Å². The van der Waals surface area contributed by atoms with Crippen LogP contribution in [0, 0.1) is 5.82 Å². The number of hydrogen-bond donors (Lipinski definition) is 1. The van der Waals surface area contributed by atoms with Gasteiger partial charge in [0, 0.05) is 23.1 Å². The summed E-state index contributed by atoms with van der Waals surface area (Å²) in [6.07, 6.45) is 1.75. The van der Waals surface area contributed by atoms with Crippen molar-refractivity contribution in [1.29, 1.82) is 0 Å². The van der Waals surface area contributed by atoms with E-state index in [-0.39, 0.29) is 16.6 Å². The first kappa shape index (κ1) is 16.9. The molecule has 1 heterocycles. The molecule has 0 amide bonds. The van der Waals surface area contributed by atoms with Crippen molar-refractivity contribution in [2.45, 2.75) is 38.5 Å². The van der Waals surface area contributed by atoms with Crippen LogP contribution in [0.15, 0.2) is 42.6 Å². The molecule has 0 aliphatic rings. The first-order chi connectivity index (χ1) is 10.3. The van der Waals surface area contributed by atoms with Gasteiger partial charge in [0.1, 0.15) is 10.6 Å². The number of halogens is 1. The lowest BCUT2D eigenvalue weighted by Gasteiger charge is -2.26. The van der Waals surface area contributed by atoms with Crippen molar-refractivity contribution >= 4 is 11.4 Å². The standard InChI is InChI=1S/C17H21FN2OS/c1-12(20-22(21)17(2,3)4)16-10-7-14(11-19-16)13-5-8-15(18)9-6-13/h5-12,20H,1-4H3. The Bertz CT molecular complexity index is 608. The third-order valence-corrected chi connectivity index (χ3v) is 4.93. The van der Waals surface area contributed by atoms with E-state index in [4.69, 9.17) is 0 Å². The summed E-state index contributed by atoms with van der Waals surface area (Å²) < 4.78 is 27.8. The van der Waals surface area contributed by atoms with E-state index in [9.17, 15) is 8.94 Å². The maximum atomic E-state index is 12.9. The molecule has 0 bridgehead atoms. The summed E-state index contributed by atoms with van der Waals surface area (Å²) >= 11 is -1.14. The molecule has 3 nitrogen and oxygen atoms in total. The predicted octanol–water partition coefficient (Wildman–Crippen LogP) is 4.00. The van der Waals surface area contributed by atoms with Gasteiger partial charge in [-0.2, -0.15) is 0 Å². The van der Waals surface area contributed by atoms with Crippen LogP contribution < -0.4 is 4.72 Å². The first-order valence-corrected chi connectivity index (χ1v) is 8.32. The Balaban J connectivity index is 2.10. The molecular weight excluding hydrogens is 299 g/mol. The zero-order valence-electron chi connectivity index (χ0n) is 13.3. The highest BCUT2D eigenvalue weighted by molar-refractivity contribution is 7.90. The lowest BCUT2D eigenvalue weighted by molar-refractivity contribution is 0.529. The highest BCUT2D eigenvalue weighted by Crippen LogP contribution is 2.22. The van der Waals surface area contributed by atoms with Gasteiger partial charge in [0.05, 0.1) is 11.7 Å². The molecule has 22 heavy (non-hydrogen) atoms. The molecule has 0 aliphatic heterocycles. The van der Waals surface area contributed by atoms with Gasteiger partial charge in [-0.05, 0) is 51.5 Å². The predicted molar refractivity (Wildman–Crippen MR) is 89.1 cm³/mol. The first-order valence-electron chi connectivity index (χ1n) is 7.17. The SMILES string of the molecule is CC(N[S+]([O-])C(C)(C)C)c1ccc(-c2ccc(F)cc2)cn1. The summed E-state index contributed by atoms with van der Waals surface area (Å²) in [5.41, 5.74) is 2.66. The molecule has 0 saturated carbocycles. The molecule has 1 N–H and O–H groups in total. The number of rotatable bonds is 4. The van der Waals surface area contributed by atoms with Gasteiger partial charge in [-0.1, -0.05) is 18.2 Å². The molecule has 2 aromatic rings. The topological polar surface area (TPSA) is 48.0 Å². The fourth-order valence-corrected chi connectivity index (χ4v) is 2.67. The maximum Gasteiger partial charge on any atom is 0.136 e. The van der Waals surface area contributed by atoms with Crippen molar-refractivity contribution in [3.63, 3.8) is 0 Å². The summed E-state index contributed by atoms with van der Waals surface area (Å²) in [7, 11) is 0. The van der Waals surface area contributed by atoms with Gasteiger partial charge in [-0.15, -0.1) is 4.72 Å². The second kappa shape index (κ2) is 6.77. The fourth-order valence-electron chi connectivity index (χ4n) is 1.87. The van der Waals surface area contributed by atoms with E-state index in [0.29, 0.717) is 0 Å². The van der Waals surface area contributed by atoms with Crippen LogP contribution >= 0.6 is 0 Å². The number of nitrogens with one attached hydrogen (secondary N) is 1. The van der Waals surface area contributed by atoms with E-state index in [1.165, 1.54) is 12.1 Å². The third kappa shape index (κ3) is 4.29. The lowest BCUT2D eigenvalue weighted by atomic mass is 10.1. The average Bonchev–Trinajstić information content (AvgIpc) is 2.47. The maximum absolute atomic E-state index is 12.9. The molecule has 2 unspecified atom stereocenters. The summed E-state index contributed by atoms with van der Waals surface area (Å²) in [5, 5.41) is 0. The Hall–Kier alpha value is -1.43. The average molecular weight is 320 g/mol. The van der Waals surface area contributed by atoms with E-state index < -0.39 is 11.4 Å². The molecule has 2 atom stereocenters. The van der Waals surface area contributed by atoms with E-state index in [1.807, 2.05) is 39.8 Å². The van der Waals surface area contributed by atoms with Crippen LogP contribution in [0.1, 0.15) is 39.4 Å². The van der Waals surface area contributed by atoms with E-state index in [1.54, 1.807) is 18.3 Å². The van der Waals surface area contributed by atoms with Crippen molar-refractivity contribution in [1.82, 2.24) is 9.71 Å². The van der Waals surface area contributed by atoms with Crippen molar-refractivity contribution in [2.75, 3.05) is 0 Å². The molecule has 118 valence electrons. The summed E-state index contributed by atoms with van der Waals surface area (Å²) in [6.45, 7) is 7.71. The van der Waals surface area contributed by atoms with Crippen LogP contribution in [-0.4, -0.2) is 14.3 Å². The lowest BCUT2D eigenvalue weighted by Crippen LogP contribution is -2.40. The molecule has 5 heteroatoms. The highest BCUT2D eigenvalue weighted by Gasteiger charge is 2.28. The Kier molecular flexibility index (Phi) is 5.21. The zero-order valence-corrected chi connectivity index (χ0v) is 14.1. The summed E-state index contributed by atoms with van der Waals surface area (Å²) in [6, 6.07) is 10.0. The molecule has 0 fully saturated rings. The quantitative estimate of drug-likeness (QED) is 0.866. The number of benzene rings is 1. The second-order valence-corrected chi connectivity index (χ2v) is 8.20. The van der Waals surface area contributed by atoms with E-state index >= 15 is 0 Å². The largest absolute Gasteiger partial charge is 0.598 e. The van der Waals surface area contributed by atoms with Crippen molar-refractivity contribution < 1.29 is 8.94 Å². The molecular formula is C17H21FN2OS. The van der Waals surface area contributed by atoms with E-state index in [2.05, 4.69) is 9.71 Å². The fraction of sp³-hybridized carbons (Fsp3) is 0.353. The van der Waals surface area contributed by atoms with Crippen molar-refractivity contribution in [2.24, 2.45) is 0 Å². The molecule has 1 aromatic carbocycles. The molecule has 1 aromatic heterocycles. The van der Waals surface area contributed by atoms with Crippen LogP contribution in [0.25, 0.3) is 11.1 Å². The van der Waals surface area contributed by atoms with Gasteiger partial charge in [0.25, 0.3) is 0 Å². The van der Waals surface area contributed by atoms with Crippen molar-refractivity contribution in [3.8, 4) is 11.1 Å². The van der Waals surface area contributed by atoms with Gasteiger partial charge in [-0.3, -0.25) is 4.98 Å². The Morgan fingerprint density at radius 1 is 1.09 bits per heavy atom. The summed E-state index contributed by atoms with van der Waals surface area (Å²) in [4.78, 5) is 4.42. The minimum Gasteiger partial charge on any atom is -0.598 e. The second-order valence-electron chi connectivity index (χ2n) is 6.20. The van der Waals surface area contributed by atoms with Gasteiger partial charge >= 0.3 is 0 Å². The number of aromatic nitrogens is 1. The highest BCUT2D eigenvalue weighted by atomic mass is 32.2. The van der Waals surface area contributed by atoms with Gasteiger partial charge in [-0.25, -0.2) is 4.39 Å². The molecule has 0 radical (unpaired) electrons. The molecule has 2 rings (SSSR count). The Morgan fingerprint density at radius 3 is 2.18 bits per heavy atom. The zero-order chi connectivity index (χ0) is 16.3. The van der Waals surface area contributed by atoms with Gasteiger partial charge < -0.3 is 4.55 Å². The molecule has 0 aliphatic carbocycles. The monoisotopic (exact) mass is 320 g/mol. The Morgan fingerprint density at radius 2 is 1.68 bits per heavy atom.